The highest BCUT2D eigenvalue weighted by molar-refractivity contribution is 9.10. The van der Waals surface area contributed by atoms with E-state index < -0.39 is 7.12 Å². The summed E-state index contributed by atoms with van der Waals surface area (Å²) < 4.78 is 5.38. The fourth-order valence-corrected chi connectivity index (χ4v) is 0.783. The average molecular weight is 191 g/mol. The number of halogens is 1. The fraction of sp³-hybridized carbons (Fsp3) is 0. The third kappa shape index (κ3) is 1.57. The van der Waals surface area contributed by atoms with Crippen LogP contribution in [0.15, 0.2) is 21.2 Å². The molecule has 5 heteroatoms. The highest BCUT2D eigenvalue weighted by Crippen LogP contribution is 2.06. The average Bonchev–Trinajstić information content (AvgIpc) is 2.14. The molecule has 0 atom stereocenters. The van der Waals surface area contributed by atoms with Gasteiger partial charge in [-0.2, -0.15) is 0 Å². The smallest absolute Gasteiger partial charge is 0.472 e. The highest BCUT2D eigenvalue weighted by atomic mass is 79.9. The second kappa shape index (κ2) is 2.55. The minimum atomic E-state index is -1.52. The Hall–Kier alpha value is -0.255. The first-order chi connectivity index (χ1) is 4.20. The normalized spacial score (nSPS) is 9.67. The Morgan fingerprint density at radius 3 is 2.44 bits per heavy atom. The maximum absolute atomic E-state index is 8.48. The lowest BCUT2D eigenvalue weighted by Gasteiger charge is -1.86. The first-order valence-electron chi connectivity index (χ1n) is 2.30. The van der Waals surface area contributed by atoms with E-state index in [4.69, 9.17) is 10.0 Å². The van der Waals surface area contributed by atoms with Crippen LogP contribution in [0.25, 0.3) is 0 Å². The molecule has 0 bridgehead atoms. The van der Waals surface area contributed by atoms with Crippen molar-refractivity contribution in [2.24, 2.45) is 0 Å². The summed E-state index contributed by atoms with van der Waals surface area (Å²) in [4.78, 5) is 0. The lowest BCUT2D eigenvalue weighted by atomic mass is 9.88. The van der Waals surface area contributed by atoms with Crippen molar-refractivity contribution in [3.8, 4) is 0 Å². The van der Waals surface area contributed by atoms with Crippen molar-refractivity contribution in [1.29, 1.82) is 0 Å². The minimum absolute atomic E-state index is 0.141. The maximum atomic E-state index is 8.48. The molecule has 0 aliphatic heterocycles. The van der Waals surface area contributed by atoms with E-state index in [1.165, 1.54) is 12.3 Å². The van der Waals surface area contributed by atoms with Gasteiger partial charge < -0.3 is 14.5 Å². The van der Waals surface area contributed by atoms with Crippen LogP contribution in [0.1, 0.15) is 0 Å². The Morgan fingerprint density at radius 2 is 2.22 bits per heavy atom. The number of furan rings is 1. The second-order valence-corrected chi connectivity index (χ2v) is 2.46. The maximum Gasteiger partial charge on any atom is 0.526 e. The van der Waals surface area contributed by atoms with Gasteiger partial charge in [-0.1, -0.05) is 0 Å². The monoisotopic (exact) mass is 190 g/mol. The van der Waals surface area contributed by atoms with E-state index in [2.05, 4.69) is 20.3 Å². The van der Waals surface area contributed by atoms with Gasteiger partial charge in [0.05, 0.1) is 4.47 Å². The zero-order chi connectivity index (χ0) is 6.85. The van der Waals surface area contributed by atoms with E-state index in [-0.39, 0.29) is 5.66 Å². The van der Waals surface area contributed by atoms with Crippen LogP contribution in [-0.2, 0) is 0 Å². The zero-order valence-corrected chi connectivity index (χ0v) is 6.00. The highest BCUT2D eigenvalue weighted by Gasteiger charge is 2.14. The number of hydrogen-bond acceptors (Lipinski definition) is 3. The summed E-state index contributed by atoms with van der Waals surface area (Å²) >= 11 is 3.08. The lowest BCUT2D eigenvalue weighted by molar-refractivity contribution is 0.409. The minimum Gasteiger partial charge on any atom is -0.472 e. The zero-order valence-electron chi connectivity index (χ0n) is 4.41. The van der Waals surface area contributed by atoms with Crippen LogP contribution in [0.4, 0.5) is 0 Å². The molecule has 0 radical (unpaired) electrons. The molecule has 0 amide bonds. The Morgan fingerprint density at radius 1 is 1.56 bits per heavy atom. The van der Waals surface area contributed by atoms with Crippen molar-refractivity contribution in [1.82, 2.24) is 0 Å². The molecule has 0 spiro atoms. The standard InChI is InChI=1S/C4H4BBrO3/c6-3-1-4(5(7)8)9-2-3/h1-2,7-8H. The predicted molar refractivity (Wildman–Crippen MR) is 36.2 cm³/mol. The Balaban J connectivity index is 2.85. The molecule has 1 rings (SSSR count). The molecule has 0 fully saturated rings. The van der Waals surface area contributed by atoms with Gasteiger partial charge >= 0.3 is 7.12 Å². The number of rotatable bonds is 1. The molecule has 0 saturated heterocycles. The molecular weight excluding hydrogens is 187 g/mol. The van der Waals surface area contributed by atoms with Crippen LogP contribution in [0, 0.1) is 0 Å². The molecule has 1 aromatic heterocycles. The van der Waals surface area contributed by atoms with Crippen molar-refractivity contribution >= 4 is 28.7 Å². The van der Waals surface area contributed by atoms with E-state index in [0.29, 0.717) is 4.47 Å². The first-order valence-corrected chi connectivity index (χ1v) is 3.09. The van der Waals surface area contributed by atoms with Crippen LogP contribution >= 0.6 is 15.9 Å². The summed E-state index contributed by atoms with van der Waals surface area (Å²) in [5.74, 6) is 0. The molecular formula is C4H4BBrO3. The van der Waals surface area contributed by atoms with Crippen molar-refractivity contribution in [3.05, 3.63) is 16.8 Å². The van der Waals surface area contributed by atoms with Gasteiger partial charge in [0.15, 0.2) is 0 Å². The van der Waals surface area contributed by atoms with Gasteiger partial charge in [0.2, 0.25) is 0 Å². The van der Waals surface area contributed by atoms with Gasteiger partial charge in [-0.25, -0.2) is 0 Å². The fourth-order valence-electron chi connectivity index (χ4n) is 0.464. The van der Waals surface area contributed by atoms with E-state index in [0.717, 1.165) is 0 Å². The Labute approximate surface area is 60.6 Å². The van der Waals surface area contributed by atoms with Gasteiger partial charge in [-0.15, -0.1) is 0 Å². The van der Waals surface area contributed by atoms with Crippen molar-refractivity contribution in [2.75, 3.05) is 0 Å². The van der Waals surface area contributed by atoms with Crippen LogP contribution in [0.2, 0.25) is 0 Å². The summed E-state index contributed by atoms with van der Waals surface area (Å²) in [5, 5.41) is 17.0. The summed E-state index contributed by atoms with van der Waals surface area (Å²) in [5.41, 5.74) is 0.141. The van der Waals surface area contributed by atoms with Gasteiger partial charge in [0.1, 0.15) is 11.9 Å². The lowest BCUT2D eigenvalue weighted by Crippen LogP contribution is -2.27. The largest absolute Gasteiger partial charge is 0.526 e. The quantitative estimate of drug-likeness (QED) is 0.600. The number of hydrogen-bond donors (Lipinski definition) is 2. The van der Waals surface area contributed by atoms with Crippen molar-refractivity contribution in [2.45, 2.75) is 0 Å². The van der Waals surface area contributed by atoms with Gasteiger partial charge in [-0.05, 0) is 22.0 Å². The third-order valence-electron chi connectivity index (χ3n) is 0.842. The molecule has 9 heavy (non-hydrogen) atoms. The molecule has 0 saturated carbocycles. The molecule has 0 aromatic carbocycles. The van der Waals surface area contributed by atoms with E-state index in [1.54, 1.807) is 0 Å². The Bertz CT molecular complexity index is 197. The molecule has 2 N–H and O–H groups in total. The Kier molecular flexibility index (Phi) is 1.95. The first kappa shape index (κ1) is 6.86. The molecule has 3 nitrogen and oxygen atoms in total. The van der Waals surface area contributed by atoms with E-state index >= 15 is 0 Å². The van der Waals surface area contributed by atoms with E-state index in [1.807, 2.05) is 0 Å². The summed E-state index contributed by atoms with van der Waals surface area (Å²) in [6.07, 6.45) is 1.38. The molecule has 1 aromatic rings. The molecule has 48 valence electrons. The SMILES string of the molecule is OB(O)c1cc(Br)co1. The summed E-state index contributed by atoms with van der Waals surface area (Å²) in [6, 6.07) is 1.49. The van der Waals surface area contributed by atoms with Crippen LogP contribution in [0.5, 0.6) is 0 Å². The van der Waals surface area contributed by atoms with Gasteiger partial charge in [-0.3, -0.25) is 0 Å². The van der Waals surface area contributed by atoms with Crippen LogP contribution < -0.4 is 5.66 Å². The molecule has 1 heterocycles. The van der Waals surface area contributed by atoms with Crippen molar-refractivity contribution < 1.29 is 14.5 Å². The van der Waals surface area contributed by atoms with Gasteiger partial charge in [0.25, 0.3) is 0 Å². The summed E-state index contributed by atoms with van der Waals surface area (Å²) in [7, 11) is -1.52. The van der Waals surface area contributed by atoms with Crippen molar-refractivity contribution in [3.63, 3.8) is 0 Å². The topological polar surface area (TPSA) is 53.6 Å². The van der Waals surface area contributed by atoms with Gasteiger partial charge in [0, 0.05) is 0 Å². The van der Waals surface area contributed by atoms with E-state index in [9.17, 15) is 0 Å². The molecule has 0 unspecified atom stereocenters. The molecule has 0 aliphatic rings. The van der Waals surface area contributed by atoms with Crippen LogP contribution in [0.3, 0.4) is 0 Å². The predicted octanol–water partition coefficient (Wildman–Crippen LogP) is -0.278. The molecule has 0 aliphatic carbocycles. The second-order valence-electron chi connectivity index (χ2n) is 1.54. The third-order valence-corrected chi connectivity index (χ3v) is 1.26. The van der Waals surface area contributed by atoms with Crippen LogP contribution in [-0.4, -0.2) is 17.2 Å². The summed E-state index contributed by atoms with van der Waals surface area (Å²) in [6.45, 7) is 0.